The van der Waals surface area contributed by atoms with Crippen LogP contribution in [0, 0.1) is 0 Å². The minimum Gasteiger partial charge on any atom is -0.355 e. The molecule has 3 rings (SSSR count). The van der Waals surface area contributed by atoms with Gasteiger partial charge >= 0.3 is 0 Å². The topological polar surface area (TPSA) is 21.3 Å². The molecule has 0 fully saturated rings. The van der Waals surface area contributed by atoms with Gasteiger partial charge in [-0.2, -0.15) is 0 Å². The second kappa shape index (κ2) is 3.68. The molecule has 2 nitrogen and oxygen atoms in total. The number of thiophene rings is 1. The predicted molar refractivity (Wildman–Crippen MR) is 61.9 cm³/mol. The number of para-hydroxylation sites is 1. The number of nitrogens with one attached hydrogen (secondary N) is 1. The average molecular weight is 217 g/mol. The Morgan fingerprint density at radius 1 is 1.20 bits per heavy atom. The normalized spacial score (nSPS) is 19.3. The van der Waals surface area contributed by atoms with E-state index in [1.807, 2.05) is 18.2 Å². The number of hydrogen-bond acceptors (Lipinski definition) is 3. The van der Waals surface area contributed by atoms with Gasteiger partial charge in [0.25, 0.3) is 0 Å². The standard InChI is InChI=1S/C12H11NOS/c1-2-5-10-9(4-1)8-14-12(13-10)11-6-3-7-15-11/h1-7,12-13H,8H2/t12-/m0/s1. The summed E-state index contributed by atoms with van der Waals surface area (Å²) < 4.78 is 5.75. The molecular weight excluding hydrogens is 206 g/mol. The number of ether oxygens (including phenoxy) is 1. The van der Waals surface area contributed by atoms with E-state index < -0.39 is 0 Å². The van der Waals surface area contributed by atoms with Crippen molar-refractivity contribution in [3.05, 3.63) is 52.2 Å². The highest BCUT2D eigenvalue weighted by Gasteiger charge is 2.19. The monoisotopic (exact) mass is 217 g/mol. The maximum absolute atomic E-state index is 5.75. The van der Waals surface area contributed by atoms with Crippen LogP contribution in [0.1, 0.15) is 16.7 Å². The second-order valence-corrected chi connectivity index (χ2v) is 4.49. The van der Waals surface area contributed by atoms with Crippen LogP contribution in [0.4, 0.5) is 5.69 Å². The lowest BCUT2D eigenvalue weighted by Crippen LogP contribution is -2.19. The Hall–Kier alpha value is -1.32. The molecule has 1 atom stereocenters. The Balaban J connectivity index is 1.89. The van der Waals surface area contributed by atoms with Gasteiger partial charge in [0.15, 0.2) is 6.23 Å². The third-order valence-electron chi connectivity index (χ3n) is 2.51. The van der Waals surface area contributed by atoms with E-state index in [4.69, 9.17) is 4.74 Å². The molecule has 2 aromatic rings. The van der Waals surface area contributed by atoms with Crippen LogP contribution in [-0.2, 0) is 11.3 Å². The van der Waals surface area contributed by atoms with Gasteiger partial charge in [-0.25, -0.2) is 0 Å². The van der Waals surface area contributed by atoms with Crippen LogP contribution in [0.25, 0.3) is 0 Å². The highest BCUT2D eigenvalue weighted by molar-refractivity contribution is 7.10. The zero-order chi connectivity index (χ0) is 10.1. The van der Waals surface area contributed by atoms with E-state index in [0.29, 0.717) is 6.61 Å². The molecular formula is C12H11NOS. The molecule has 0 radical (unpaired) electrons. The Bertz CT molecular complexity index is 452. The summed E-state index contributed by atoms with van der Waals surface area (Å²) in [7, 11) is 0. The van der Waals surface area contributed by atoms with Gasteiger partial charge in [-0.15, -0.1) is 11.3 Å². The Kier molecular flexibility index (Phi) is 2.19. The van der Waals surface area contributed by atoms with E-state index >= 15 is 0 Å². The highest BCUT2D eigenvalue weighted by atomic mass is 32.1. The Labute approximate surface area is 92.5 Å². The molecule has 3 heteroatoms. The van der Waals surface area contributed by atoms with Crippen molar-refractivity contribution in [3.8, 4) is 0 Å². The van der Waals surface area contributed by atoms with Gasteiger partial charge in [0, 0.05) is 11.3 Å². The van der Waals surface area contributed by atoms with Crippen molar-refractivity contribution in [3.63, 3.8) is 0 Å². The highest BCUT2D eigenvalue weighted by Crippen LogP contribution is 2.31. The van der Waals surface area contributed by atoms with Gasteiger partial charge in [-0.1, -0.05) is 24.3 Å². The summed E-state index contributed by atoms with van der Waals surface area (Å²) in [6.45, 7) is 0.686. The van der Waals surface area contributed by atoms with Crippen LogP contribution >= 0.6 is 11.3 Å². The SMILES string of the molecule is c1csc([C@H]2Nc3ccccc3CO2)c1. The number of benzene rings is 1. The average Bonchev–Trinajstić information content (AvgIpc) is 2.82. The third kappa shape index (κ3) is 1.64. The summed E-state index contributed by atoms with van der Waals surface area (Å²) in [5.74, 6) is 0. The molecule has 2 heterocycles. The fraction of sp³-hybridized carbons (Fsp3) is 0.167. The summed E-state index contributed by atoms with van der Waals surface area (Å²) in [6, 6.07) is 12.4. The summed E-state index contributed by atoms with van der Waals surface area (Å²) in [4.78, 5) is 1.23. The van der Waals surface area contributed by atoms with Gasteiger partial charge in [0.05, 0.1) is 11.5 Å². The number of rotatable bonds is 1. The van der Waals surface area contributed by atoms with Crippen molar-refractivity contribution in [2.75, 3.05) is 5.32 Å². The minimum absolute atomic E-state index is 0.0138. The first-order chi connectivity index (χ1) is 7.43. The fourth-order valence-corrected chi connectivity index (χ4v) is 2.46. The Morgan fingerprint density at radius 3 is 3.00 bits per heavy atom. The molecule has 0 aliphatic carbocycles. The van der Waals surface area contributed by atoms with Crippen LogP contribution in [-0.4, -0.2) is 0 Å². The van der Waals surface area contributed by atoms with Crippen molar-refractivity contribution in [1.82, 2.24) is 0 Å². The van der Waals surface area contributed by atoms with Crippen molar-refractivity contribution < 1.29 is 4.74 Å². The summed E-state index contributed by atoms with van der Waals surface area (Å²) in [5.41, 5.74) is 2.41. The Morgan fingerprint density at radius 2 is 2.13 bits per heavy atom. The molecule has 0 bridgehead atoms. The fourth-order valence-electron chi connectivity index (χ4n) is 1.74. The van der Waals surface area contributed by atoms with Gasteiger partial charge in [-0.3, -0.25) is 0 Å². The molecule has 1 N–H and O–H groups in total. The lowest BCUT2D eigenvalue weighted by Gasteiger charge is -2.26. The van der Waals surface area contributed by atoms with Crippen LogP contribution in [0.3, 0.4) is 0 Å². The summed E-state index contributed by atoms with van der Waals surface area (Å²) in [6.07, 6.45) is 0.0138. The summed E-state index contributed by atoms with van der Waals surface area (Å²) >= 11 is 1.72. The second-order valence-electron chi connectivity index (χ2n) is 3.51. The van der Waals surface area contributed by atoms with Crippen LogP contribution < -0.4 is 5.32 Å². The number of hydrogen-bond donors (Lipinski definition) is 1. The molecule has 1 aliphatic heterocycles. The molecule has 0 unspecified atom stereocenters. The van der Waals surface area contributed by atoms with E-state index in [9.17, 15) is 0 Å². The smallest absolute Gasteiger partial charge is 0.163 e. The van der Waals surface area contributed by atoms with E-state index in [2.05, 4.69) is 28.9 Å². The predicted octanol–water partition coefficient (Wildman–Crippen LogP) is 3.39. The third-order valence-corrected chi connectivity index (χ3v) is 3.43. The lowest BCUT2D eigenvalue weighted by atomic mass is 10.1. The minimum atomic E-state index is 0.0138. The maximum atomic E-state index is 5.75. The quantitative estimate of drug-likeness (QED) is 0.790. The molecule has 0 amide bonds. The molecule has 0 saturated carbocycles. The van der Waals surface area contributed by atoms with Crippen LogP contribution in [0.15, 0.2) is 41.8 Å². The zero-order valence-corrected chi connectivity index (χ0v) is 8.96. The van der Waals surface area contributed by atoms with Gasteiger partial charge in [-0.05, 0) is 17.5 Å². The van der Waals surface area contributed by atoms with E-state index in [0.717, 1.165) is 0 Å². The zero-order valence-electron chi connectivity index (χ0n) is 8.14. The molecule has 15 heavy (non-hydrogen) atoms. The van der Waals surface area contributed by atoms with Crippen molar-refractivity contribution in [1.29, 1.82) is 0 Å². The van der Waals surface area contributed by atoms with Gasteiger partial charge in [0.2, 0.25) is 0 Å². The van der Waals surface area contributed by atoms with Crippen molar-refractivity contribution in [2.45, 2.75) is 12.8 Å². The first-order valence-electron chi connectivity index (χ1n) is 4.93. The maximum Gasteiger partial charge on any atom is 0.163 e. The number of fused-ring (bicyclic) bond motifs is 1. The first-order valence-corrected chi connectivity index (χ1v) is 5.81. The van der Waals surface area contributed by atoms with E-state index in [1.165, 1.54) is 16.1 Å². The lowest BCUT2D eigenvalue weighted by molar-refractivity contribution is 0.0530. The molecule has 0 spiro atoms. The van der Waals surface area contributed by atoms with E-state index in [-0.39, 0.29) is 6.23 Å². The van der Waals surface area contributed by atoms with Crippen molar-refractivity contribution >= 4 is 17.0 Å². The van der Waals surface area contributed by atoms with Gasteiger partial charge in [0.1, 0.15) is 0 Å². The number of anilines is 1. The van der Waals surface area contributed by atoms with Crippen molar-refractivity contribution in [2.24, 2.45) is 0 Å². The first kappa shape index (κ1) is 8.95. The molecule has 1 aromatic carbocycles. The van der Waals surface area contributed by atoms with Crippen LogP contribution in [0.2, 0.25) is 0 Å². The molecule has 76 valence electrons. The molecule has 1 aliphatic rings. The van der Waals surface area contributed by atoms with Crippen LogP contribution in [0.5, 0.6) is 0 Å². The van der Waals surface area contributed by atoms with Gasteiger partial charge < -0.3 is 10.1 Å². The molecule has 1 aromatic heterocycles. The molecule has 0 saturated heterocycles. The largest absolute Gasteiger partial charge is 0.355 e. The summed E-state index contributed by atoms with van der Waals surface area (Å²) in [5, 5.41) is 5.46. The van der Waals surface area contributed by atoms with E-state index in [1.54, 1.807) is 11.3 Å².